The lowest BCUT2D eigenvalue weighted by Gasteiger charge is -2.37. The molecular formula is C15H24N2O2. The molecule has 19 heavy (non-hydrogen) atoms. The van der Waals surface area contributed by atoms with Gasteiger partial charge in [-0.3, -0.25) is 0 Å². The van der Waals surface area contributed by atoms with E-state index in [1.165, 1.54) is 0 Å². The fourth-order valence-corrected chi connectivity index (χ4v) is 2.62. The van der Waals surface area contributed by atoms with Crippen LogP contribution in [-0.2, 0) is 17.8 Å². The molecule has 1 aliphatic rings. The summed E-state index contributed by atoms with van der Waals surface area (Å²) in [4.78, 5) is 6.95. The summed E-state index contributed by atoms with van der Waals surface area (Å²) < 4.78 is 5.55. The number of methoxy groups -OCH3 is 1. The van der Waals surface area contributed by atoms with E-state index in [2.05, 4.69) is 23.7 Å². The van der Waals surface area contributed by atoms with Crippen LogP contribution in [-0.4, -0.2) is 36.4 Å². The Balaban J connectivity index is 2.21. The maximum Gasteiger partial charge on any atom is 0.129 e. The highest BCUT2D eigenvalue weighted by Crippen LogP contribution is 2.24. The molecule has 0 spiro atoms. The summed E-state index contributed by atoms with van der Waals surface area (Å²) in [6, 6.07) is 3.96. The van der Waals surface area contributed by atoms with Gasteiger partial charge in [-0.1, -0.05) is 13.8 Å². The highest BCUT2D eigenvalue weighted by atomic mass is 16.5. The fourth-order valence-electron chi connectivity index (χ4n) is 2.62. The lowest BCUT2D eigenvalue weighted by atomic mass is 9.96. The molecule has 1 fully saturated rings. The van der Waals surface area contributed by atoms with Crippen LogP contribution in [0.1, 0.15) is 31.5 Å². The molecule has 1 aliphatic heterocycles. The van der Waals surface area contributed by atoms with Crippen LogP contribution in [0.3, 0.4) is 0 Å². The standard InChI is InChI=1S/C15H24N2O2/c1-4-13-7-12(10-18)8-15(16-13)17-6-5-11(2)14(9-17)19-3/h7-8,11,14,18H,4-6,9-10H2,1-3H3. The first kappa shape index (κ1) is 14.3. The van der Waals surface area contributed by atoms with Gasteiger partial charge in [-0.25, -0.2) is 4.98 Å². The molecule has 1 N–H and O–H groups in total. The zero-order valence-electron chi connectivity index (χ0n) is 12.1. The van der Waals surface area contributed by atoms with Crippen LogP contribution in [0.4, 0.5) is 5.82 Å². The van der Waals surface area contributed by atoms with E-state index in [0.717, 1.165) is 43.0 Å². The lowest BCUT2D eigenvalue weighted by molar-refractivity contribution is 0.0496. The zero-order chi connectivity index (χ0) is 13.8. The first-order chi connectivity index (χ1) is 9.17. The summed E-state index contributed by atoms with van der Waals surface area (Å²) in [7, 11) is 1.78. The van der Waals surface area contributed by atoms with Crippen molar-refractivity contribution < 1.29 is 9.84 Å². The van der Waals surface area contributed by atoms with Crippen LogP contribution in [0.25, 0.3) is 0 Å². The van der Waals surface area contributed by atoms with Crippen molar-refractivity contribution in [1.82, 2.24) is 4.98 Å². The smallest absolute Gasteiger partial charge is 0.129 e. The van der Waals surface area contributed by atoms with Crippen molar-refractivity contribution in [1.29, 1.82) is 0 Å². The van der Waals surface area contributed by atoms with Crippen molar-refractivity contribution >= 4 is 5.82 Å². The quantitative estimate of drug-likeness (QED) is 0.903. The molecule has 2 rings (SSSR count). The highest BCUT2D eigenvalue weighted by molar-refractivity contribution is 5.43. The van der Waals surface area contributed by atoms with Crippen LogP contribution in [0.2, 0.25) is 0 Å². The number of aliphatic hydroxyl groups is 1. The van der Waals surface area contributed by atoms with E-state index in [9.17, 15) is 5.11 Å². The highest BCUT2D eigenvalue weighted by Gasteiger charge is 2.26. The zero-order valence-corrected chi connectivity index (χ0v) is 12.1. The Labute approximate surface area is 115 Å². The Bertz CT molecular complexity index is 400. The number of anilines is 1. The van der Waals surface area contributed by atoms with Gasteiger partial charge < -0.3 is 14.7 Å². The predicted octanol–water partition coefficient (Wildman–Crippen LogP) is 2.00. The SMILES string of the molecule is CCc1cc(CO)cc(N2CCC(C)C(OC)C2)n1. The van der Waals surface area contributed by atoms with Gasteiger partial charge >= 0.3 is 0 Å². The van der Waals surface area contributed by atoms with Gasteiger partial charge in [0.15, 0.2) is 0 Å². The average molecular weight is 264 g/mol. The number of nitrogens with zero attached hydrogens (tertiary/aromatic N) is 2. The number of piperidine rings is 1. The van der Waals surface area contributed by atoms with Gasteiger partial charge in [0.05, 0.1) is 12.7 Å². The molecule has 1 aromatic rings. The van der Waals surface area contributed by atoms with Crippen molar-refractivity contribution in [3.63, 3.8) is 0 Å². The third-order valence-electron chi connectivity index (χ3n) is 3.99. The molecule has 0 radical (unpaired) electrons. The van der Waals surface area contributed by atoms with Crippen LogP contribution >= 0.6 is 0 Å². The molecule has 4 nitrogen and oxygen atoms in total. The van der Waals surface area contributed by atoms with Crippen LogP contribution in [0.15, 0.2) is 12.1 Å². The Morgan fingerprint density at radius 3 is 2.89 bits per heavy atom. The van der Waals surface area contributed by atoms with Gasteiger partial charge in [0.2, 0.25) is 0 Å². The largest absolute Gasteiger partial charge is 0.392 e. The van der Waals surface area contributed by atoms with Crippen LogP contribution < -0.4 is 4.90 Å². The van der Waals surface area contributed by atoms with Crippen LogP contribution in [0.5, 0.6) is 0 Å². The molecule has 2 atom stereocenters. The summed E-state index contributed by atoms with van der Waals surface area (Å²) in [5.74, 6) is 1.56. The predicted molar refractivity (Wildman–Crippen MR) is 76.3 cm³/mol. The van der Waals surface area contributed by atoms with E-state index in [-0.39, 0.29) is 12.7 Å². The molecule has 106 valence electrons. The van der Waals surface area contributed by atoms with Crippen molar-refractivity contribution in [2.24, 2.45) is 5.92 Å². The number of hydrogen-bond donors (Lipinski definition) is 1. The van der Waals surface area contributed by atoms with E-state index < -0.39 is 0 Å². The molecular weight excluding hydrogens is 240 g/mol. The molecule has 0 aliphatic carbocycles. The summed E-state index contributed by atoms with van der Waals surface area (Å²) in [5, 5.41) is 9.35. The van der Waals surface area contributed by atoms with E-state index in [1.54, 1.807) is 7.11 Å². The third-order valence-corrected chi connectivity index (χ3v) is 3.99. The average Bonchev–Trinajstić information content (AvgIpc) is 2.47. The van der Waals surface area contributed by atoms with Gasteiger partial charge in [0.1, 0.15) is 5.82 Å². The minimum absolute atomic E-state index is 0.0699. The van der Waals surface area contributed by atoms with E-state index in [4.69, 9.17) is 4.74 Å². The van der Waals surface area contributed by atoms with E-state index >= 15 is 0 Å². The first-order valence-electron chi connectivity index (χ1n) is 7.06. The molecule has 0 bridgehead atoms. The maximum atomic E-state index is 9.35. The second-order valence-corrected chi connectivity index (χ2v) is 5.32. The van der Waals surface area contributed by atoms with Gasteiger partial charge in [0.25, 0.3) is 0 Å². The lowest BCUT2D eigenvalue weighted by Crippen LogP contribution is -2.44. The normalized spacial score (nSPS) is 23.7. The minimum atomic E-state index is 0.0699. The minimum Gasteiger partial charge on any atom is -0.392 e. The molecule has 2 unspecified atom stereocenters. The van der Waals surface area contributed by atoms with Gasteiger partial charge in [-0.15, -0.1) is 0 Å². The number of aryl methyl sites for hydroxylation is 1. The number of pyridine rings is 1. The van der Waals surface area contributed by atoms with Crippen molar-refractivity contribution in [2.45, 2.75) is 39.4 Å². The molecule has 0 saturated carbocycles. The Hall–Kier alpha value is -1.13. The van der Waals surface area contributed by atoms with Crippen molar-refractivity contribution in [3.8, 4) is 0 Å². The second kappa shape index (κ2) is 6.35. The van der Waals surface area contributed by atoms with Crippen molar-refractivity contribution in [2.75, 3.05) is 25.1 Å². The molecule has 1 aromatic heterocycles. The summed E-state index contributed by atoms with van der Waals surface area (Å²) in [6.45, 7) is 6.28. The van der Waals surface area contributed by atoms with Gasteiger partial charge in [0, 0.05) is 25.9 Å². The number of aliphatic hydroxyl groups excluding tert-OH is 1. The van der Waals surface area contributed by atoms with Gasteiger partial charge in [-0.05, 0) is 36.5 Å². The number of rotatable bonds is 4. The molecule has 2 heterocycles. The first-order valence-corrected chi connectivity index (χ1v) is 7.06. The van der Waals surface area contributed by atoms with Gasteiger partial charge in [-0.2, -0.15) is 0 Å². The monoisotopic (exact) mass is 264 g/mol. The summed E-state index contributed by atoms with van der Waals surface area (Å²) in [6.07, 6.45) is 2.27. The Kier molecular flexibility index (Phi) is 4.77. The van der Waals surface area contributed by atoms with Crippen LogP contribution in [0, 0.1) is 5.92 Å². The molecule has 0 aromatic carbocycles. The van der Waals surface area contributed by atoms with E-state index in [0.29, 0.717) is 5.92 Å². The topological polar surface area (TPSA) is 45.6 Å². The number of hydrogen-bond acceptors (Lipinski definition) is 4. The summed E-state index contributed by atoms with van der Waals surface area (Å²) >= 11 is 0. The van der Waals surface area contributed by atoms with Crippen molar-refractivity contribution in [3.05, 3.63) is 23.4 Å². The third kappa shape index (κ3) is 3.25. The second-order valence-electron chi connectivity index (χ2n) is 5.32. The molecule has 4 heteroatoms. The molecule has 0 amide bonds. The molecule has 1 saturated heterocycles. The Morgan fingerprint density at radius 2 is 2.26 bits per heavy atom. The summed E-state index contributed by atoms with van der Waals surface area (Å²) in [5.41, 5.74) is 1.98. The fraction of sp³-hybridized carbons (Fsp3) is 0.667. The number of aromatic nitrogens is 1. The Morgan fingerprint density at radius 1 is 1.47 bits per heavy atom. The van der Waals surface area contributed by atoms with E-state index in [1.807, 2.05) is 12.1 Å². The number of ether oxygens (including phenoxy) is 1. The maximum absolute atomic E-state index is 9.35.